The zero-order valence-electron chi connectivity index (χ0n) is 23.7. The molecule has 230 valence electrons. The second kappa shape index (κ2) is 11.4. The molecule has 4 heterocycles. The minimum absolute atomic E-state index is 0.0192. The minimum Gasteiger partial charge on any atom is -0.491 e. The van der Waals surface area contributed by atoms with Gasteiger partial charge in [-0.1, -0.05) is 11.6 Å². The number of aromatic carboxylic acids is 1. The summed E-state index contributed by atoms with van der Waals surface area (Å²) in [4.78, 5) is 32.8. The molecule has 2 aliphatic heterocycles. The molecule has 0 amide bonds. The second-order valence-corrected chi connectivity index (χ2v) is 13.0. The number of aryl methyl sites for hydroxylation is 2. The summed E-state index contributed by atoms with van der Waals surface area (Å²) in [6.45, 7) is 4.16. The number of carbonyl (C=O) groups is 1. The van der Waals surface area contributed by atoms with Gasteiger partial charge in [0.2, 0.25) is 0 Å². The van der Waals surface area contributed by atoms with Crippen molar-refractivity contribution in [2.75, 3.05) is 25.0 Å². The number of likely N-dealkylation sites (tertiary alicyclic amines) is 1. The number of hydrogen-bond donors (Lipinski definition) is 2. The van der Waals surface area contributed by atoms with Crippen molar-refractivity contribution >= 4 is 34.6 Å². The normalized spacial score (nSPS) is 22.3. The average Bonchev–Trinajstić information content (AvgIpc) is 3.33. The van der Waals surface area contributed by atoms with Gasteiger partial charge in [0.15, 0.2) is 0 Å². The number of halogens is 4. The van der Waals surface area contributed by atoms with Crippen LogP contribution in [0.2, 0.25) is 5.02 Å². The molecule has 0 bridgehead atoms. The number of carboxylic acid groups (broad SMARTS) is 1. The molecule has 8 nitrogen and oxygen atoms in total. The van der Waals surface area contributed by atoms with Gasteiger partial charge in [-0.3, -0.25) is 14.3 Å². The lowest BCUT2D eigenvalue weighted by Gasteiger charge is -2.46. The van der Waals surface area contributed by atoms with Crippen molar-refractivity contribution in [3.63, 3.8) is 0 Å². The second-order valence-electron chi connectivity index (χ2n) is 11.7. The zero-order chi connectivity index (χ0) is 30.6. The molecule has 1 aromatic carbocycles. The number of alkyl halides is 3. The highest BCUT2D eigenvalue weighted by molar-refractivity contribution is 7.11. The topological polar surface area (TPSA) is 96.7 Å². The third kappa shape index (κ3) is 5.76. The van der Waals surface area contributed by atoms with E-state index in [-0.39, 0.29) is 55.4 Å². The lowest BCUT2D eigenvalue weighted by molar-refractivity contribution is -0.214. The number of thiophene rings is 1. The smallest absolute Gasteiger partial charge is 0.394 e. The molecule has 1 saturated heterocycles. The van der Waals surface area contributed by atoms with Crippen molar-refractivity contribution in [3.05, 3.63) is 72.0 Å². The number of benzene rings is 1. The first-order chi connectivity index (χ1) is 20.4. The summed E-state index contributed by atoms with van der Waals surface area (Å²) in [5.74, 6) is -1.23. The first-order valence-corrected chi connectivity index (χ1v) is 15.6. The Kier molecular flexibility index (Phi) is 7.97. The number of aromatic nitrogens is 2. The van der Waals surface area contributed by atoms with Crippen LogP contribution in [-0.2, 0) is 19.4 Å². The van der Waals surface area contributed by atoms with Gasteiger partial charge in [0, 0.05) is 57.5 Å². The minimum atomic E-state index is -4.18. The highest BCUT2D eigenvalue weighted by Gasteiger charge is 2.49. The van der Waals surface area contributed by atoms with Crippen molar-refractivity contribution in [1.82, 2.24) is 14.5 Å². The van der Waals surface area contributed by atoms with Crippen LogP contribution in [-0.4, -0.2) is 63.5 Å². The Morgan fingerprint density at radius 3 is 2.79 bits per heavy atom. The van der Waals surface area contributed by atoms with Crippen molar-refractivity contribution in [2.24, 2.45) is 5.92 Å². The Labute approximate surface area is 255 Å². The Balaban J connectivity index is 1.19. The molecule has 3 atom stereocenters. The van der Waals surface area contributed by atoms with Crippen LogP contribution < -0.4 is 15.6 Å². The molecule has 3 aromatic rings. The molecule has 3 unspecified atom stereocenters. The molecule has 0 saturated carbocycles. The van der Waals surface area contributed by atoms with Crippen LogP contribution in [0, 0.1) is 12.8 Å². The predicted molar refractivity (Wildman–Crippen MR) is 158 cm³/mol. The van der Waals surface area contributed by atoms with Gasteiger partial charge in [-0.15, -0.1) is 11.3 Å². The van der Waals surface area contributed by atoms with Crippen LogP contribution in [0.25, 0.3) is 0 Å². The molecule has 2 N–H and O–H groups in total. The fourth-order valence-electron chi connectivity index (χ4n) is 6.54. The SMILES string of the molecule is Cc1nc2c(c(=O)n1CCOc1ccc(Cl)cc1C1CC(C)Nc3c(C(=O)O)csc31)CC(N1CC(C(F)(F)F)C1)CC2. The van der Waals surface area contributed by atoms with Gasteiger partial charge in [-0.25, -0.2) is 9.78 Å². The highest BCUT2D eigenvalue weighted by Crippen LogP contribution is 2.47. The standard InChI is InChI=1S/C30H32ClF3N4O4S/c1-15-9-21(27-26(35-15)23(14-43-27)29(40)41)20-10-18(31)3-6-25(20)42-8-7-38-16(2)36-24-5-4-19(11-22(24)28(38)39)37-12-17(13-37)30(32,33)34/h3,6,10,14-15,17,19,21,35H,4-5,7-9,11-13H2,1-2H3,(H,40,41). The maximum absolute atomic E-state index is 13.6. The van der Waals surface area contributed by atoms with E-state index in [4.69, 9.17) is 16.3 Å². The summed E-state index contributed by atoms with van der Waals surface area (Å²) in [7, 11) is 0. The Hall–Kier alpha value is -3.09. The van der Waals surface area contributed by atoms with Crippen molar-refractivity contribution in [2.45, 2.75) is 70.3 Å². The molecule has 6 rings (SSSR count). The van der Waals surface area contributed by atoms with Crippen LogP contribution >= 0.6 is 22.9 Å². The van der Waals surface area contributed by atoms with E-state index in [0.29, 0.717) is 47.1 Å². The van der Waals surface area contributed by atoms with E-state index in [1.54, 1.807) is 29.0 Å². The van der Waals surface area contributed by atoms with Crippen LogP contribution in [0.3, 0.4) is 0 Å². The number of carboxylic acids is 1. The average molecular weight is 637 g/mol. The van der Waals surface area contributed by atoms with Crippen LogP contribution in [0.1, 0.15) is 63.6 Å². The first-order valence-electron chi connectivity index (χ1n) is 14.3. The van der Waals surface area contributed by atoms with E-state index < -0.39 is 18.1 Å². The molecule has 43 heavy (non-hydrogen) atoms. The highest BCUT2D eigenvalue weighted by atomic mass is 35.5. The van der Waals surface area contributed by atoms with Gasteiger partial charge in [-0.2, -0.15) is 13.2 Å². The van der Waals surface area contributed by atoms with Crippen LogP contribution in [0.5, 0.6) is 5.75 Å². The van der Waals surface area contributed by atoms with Crippen LogP contribution in [0.15, 0.2) is 28.4 Å². The van der Waals surface area contributed by atoms with Gasteiger partial charge in [0.05, 0.1) is 29.4 Å². The number of hydrogen-bond acceptors (Lipinski definition) is 7. The van der Waals surface area contributed by atoms with Crippen molar-refractivity contribution < 1.29 is 27.8 Å². The Morgan fingerprint density at radius 2 is 2.07 bits per heavy atom. The van der Waals surface area contributed by atoms with E-state index in [1.807, 2.05) is 17.9 Å². The number of nitrogens with one attached hydrogen (secondary N) is 1. The molecule has 1 fully saturated rings. The Morgan fingerprint density at radius 1 is 1.30 bits per heavy atom. The first kappa shape index (κ1) is 30.0. The maximum Gasteiger partial charge on any atom is 0.394 e. The number of fused-ring (bicyclic) bond motifs is 2. The van der Waals surface area contributed by atoms with Crippen molar-refractivity contribution in [3.8, 4) is 5.75 Å². The van der Waals surface area contributed by atoms with Crippen molar-refractivity contribution in [1.29, 1.82) is 0 Å². The summed E-state index contributed by atoms with van der Waals surface area (Å²) in [6, 6.07) is 5.31. The summed E-state index contributed by atoms with van der Waals surface area (Å²) in [5, 5.41) is 15.2. The largest absolute Gasteiger partial charge is 0.491 e. The molecule has 0 spiro atoms. The number of rotatable bonds is 7. The van der Waals surface area contributed by atoms with E-state index >= 15 is 0 Å². The molecule has 13 heteroatoms. The number of anilines is 1. The van der Waals surface area contributed by atoms with Gasteiger partial charge < -0.3 is 15.2 Å². The molecule has 2 aromatic heterocycles. The lowest BCUT2D eigenvalue weighted by atomic mass is 9.86. The molecule has 3 aliphatic rings. The molecule has 0 radical (unpaired) electrons. The molecule has 1 aliphatic carbocycles. The summed E-state index contributed by atoms with van der Waals surface area (Å²) < 4.78 is 46.9. The van der Waals surface area contributed by atoms with E-state index in [2.05, 4.69) is 10.3 Å². The molecular weight excluding hydrogens is 605 g/mol. The third-order valence-electron chi connectivity index (χ3n) is 8.85. The molecular formula is C30H32ClF3N4O4S. The van der Waals surface area contributed by atoms with E-state index in [9.17, 15) is 27.9 Å². The fraction of sp³-hybridized carbons (Fsp3) is 0.500. The lowest BCUT2D eigenvalue weighted by Crippen LogP contribution is -2.58. The summed E-state index contributed by atoms with van der Waals surface area (Å²) in [6.07, 6.45) is -1.82. The van der Waals surface area contributed by atoms with Gasteiger partial charge in [0.1, 0.15) is 18.2 Å². The Bertz CT molecular complexity index is 1620. The van der Waals surface area contributed by atoms with Crippen LogP contribution in [0.4, 0.5) is 18.9 Å². The van der Waals surface area contributed by atoms with Gasteiger partial charge in [0.25, 0.3) is 5.56 Å². The zero-order valence-corrected chi connectivity index (χ0v) is 25.3. The van der Waals surface area contributed by atoms with E-state index in [1.165, 1.54) is 11.3 Å². The number of nitrogens with zero attached hydrogens (tertiary/aromatic N) is 3. The van der Waals surface area contributed by atoms with E-state index in [0.717, 1.165) is 22.6 Å². The third-order valence-corrected chi connectivity index (χ3v) is 10.2. The summed E-state index contributed by atoms with van der Waals surface area (Å²) >= 11 is 7.79. The maximum atomic E-state index is 13.6. The number of ether oxygens (including phenoxy) is 1. The van der Waals surface area contributed by atoms with Gasteiger partial charge in [-0.05, 0) is 57.7 Å². The monoisotopic (exact) mass is 636 g/mol. The van der Waals surface area contributed by atoms with Gasteiger partial charge >= 0.3 is 12.1 Å². The fourth-order valence-corrected chi connectivity index (χ4v) is 7.86. The predicted octanol–water partition coefficient (Wildman–Crippen LogP) is 5.73. The quantitative estimate of drug-likeness (QED) is 0.342. The summed E-state index contributed by atoms with van der Waals surface area (Å²) in [5.41, 5.74) is 2.86.